The Morgan fingerprint density at radius 3 is 2.85 bits per heavy atom. The van der Waals surface area contributed by atoms with E-state index in [-0.39, 0.29) is 41.9 Å². The van der Waals surface area contributed by atoms with E-state index < -0.39 is 5.92 Å². The topological polar surface area (TPSA) is 61.4 Å². The van der Waals surface area contributed by atoms with Gasteiger partial charge in [-0.05, 0) is 13.0 Å². The van der Waals surface area contributed by atoms with Gasteiger partial charge in [0.05, 0.1) is 22.9 Å². The second-order valence-electron chi connectivity index (χ2n) is 9.93. The Labute approximate surface area is 198 Å². The predicted molar refractivity (Wildman–Crippen MR) is 127 cm³/mol. The van der Waals surface area contributed by atoms with Gasteiger partial charge in [-0.3, -0.25) is 14.7 Å². The molecular formula is C24H33F2N5OS. The molecule has 1 amide bonds. The third kappa shape index (κ3) is 5.10. The summed E-state index contributed by atoms with van der Waals surface area (Å²) in [6.07, 6.45) is 4.01. The number of anilines is 1. The van der Waals surface area contributed by atoms with Crippen LogP contribution in [0.25, 0.3) is 0 Å². The molecule has 180 valence electrons. The van der Waals surface area contributed by atoms with Crippen LogP contribution in [-0.4, -0.2) is 59.0 Å². The smallest absolute Gasteiger partial charge is 0.274 e. The summed E-state index contributed by atoms with van der Waals surface area (Å²) in [4.78, 5) is 26.2. The van der Waals surface area contributed by atoms with E-state index in [9.17, 15) is 13.6 Å². The van der Waals surface area contributed by atoms with Crippen molar-refractivity contribution in [2.45, 2.75) is 70.4 Å². The lowest BCUT2D eigenvalue weighted by Crippen LogP contribution is -2.58. The van der Waals surface area contributed by atoms with Crippen LogP contribution in [0.2, 0.25) is 0 Å². The van der Waals surface area contributed by atoms with Crippen molar-refractivity contribution in [3.8, 4) is 0 Å². The van der Waals surface area contributed by atoms with Gasteiger partial charge in [0, 0.05) is 73.3 Å². The van der Waals surface area contributed by atoms with Crippen LogP contribution in [0.15, 0.2) is 23.8 Å². The first-order chi connectivity index (χ1) is 15.6. The lowest BCUT2D eigenvalue weighted by atomic mass is 9.91. The van der Waals surface area contributed by atoms with E-state index in [1.165, 1.54) is 12.3 Å². The highest BCUT2D eigenvalue weighted by molar-refractivity contribution is 7.09. The van der Waals surface area contributed by atoms with Crippen molar-refractivity contribution in [2.24, 2.45) is 0 Å². The quantitative estimate of drug-likeness (QED) is 0.654. The number of fused-ring (bicyclic) bond motifs is 1. The van der Waals surface area contributed by atoms with Crippen LogP contribution >= 0.6 is 11.3 Å². The molecule has 6 nitrogen and oxygen atoms in total. The van der Waals surface area contributed by atoms with Crippen molar-refractivity contribution in [3.63, 3.8) is 0 Å². The molecule has 0 aliphatic carbocycles. The number of thiazole rings is 1. The molecule has 2 aliphatic rings. The molecule has 2 aromatic rings. The number of pyridine rings is 1. The number of hydrogen-bond acceptors (Lipinski definition) is 6. The van der Waals surface area contributed by atoms with Crippen molar-refractivity contribution in [1.82, 2.24) is 20.2 Å². The molecule has 0 unspecified atom stereocenters. The number of carbonyl (C=O) groups excluding carboxylic acids is 1. The molecule has 1 N–H and O–H groups in total. The summed E-state index contributed by atoms with van der Waals surface area (Å²) in [6, 6.07) is 1.91. The number of nitrogens with zero attached hydrogens (tertiary/aromatic N) is 4. The fraction of sp³-hybridized carbons (Fsp3) is 0.625. The maximum Gasteiger partial charge on any atom is 0.274 e. The highest BCUT2D eigenvalue weighted by atomic mass is 32.1. The average molecular weight is 478 g/mol. The summed E-state index contributed by atoms with van der Waals surface area (Å²) in [5.74, 6) is -3.02. The van der Waals surface area contributed by atoms with Crippen LogP contribution in [0.5, 0.6) is 0 Å². The van der Waals surface area contributed by atoms with Crippen molar-refractivity contribution in [3.05, 3.63) is 40.1 Å². The zero-order chi connectivity index (χ0) is 23.8. The summed E-state index contributed by atoms with van der Waals surface area (Å²) >= 11 is 1.62. The molecule has 9 heteroatoms. The molecule has 0 radical (unpaired) electrons. The summed E-state index contributed by atoms with van der Waals surface area (Å²) < 4.78 is 29.3. The molecule has 1 fully saturated rings. The van der Waals surface area contributed by atoms with Crippen molar-refractivity contribution < 1.29 is 13.6 Å². The SMILES string of the molecule is CCCC(F)(F)c1cnc2c(c1)N(C(=O)CN1C[C@@H](C)NC[C@@H]1Cc1nccs1)CC2(C)C. The summed E-state index contributed by atoms with van der Waals surface area (Å²) in [7, 11) is 0. The fourth-order valence-corrected chi connectivity index (χ4v) is 5.55. The number of carbonyl (C=O) groups is 1. The highest BCUT2D eigenvalue weighted by Crippen LogP contribution is 2.42. The Balaban J connectivity index is 1.57. The van der Waals surface area contributed by atoms with Crippen LogP contribution in [0, 0.1) is 0 Å². The fourth-order valence-electron chi connectivity index (χ4n) is 4.86. The predicted octanol–water partition coefficient (Wildman–Crippen LogP) is 3.96. The summed E-state index contributed by atoms with van der Waals surface area (Å²) in [5.41, 5.74) is 0.731. The van der Waals surface area contributed by atoms with E-state index in [0.29, 0.717) is 24.3 Å². The van der Waals surface area contributed by atoms with Gasteiger partial charge in [0.2, 0.25) is 5.91 Å². The van der Waals surface area contributed by atoms with Crippen molar-refractivity contribution >= 4 is 22.9 Å². The molecule has 4 rings (SSSR count). The second-order valence-corrected chi connectivity index (χ2v) is 10.9. The number of hydrogen-bond donors (Lipinski definition) is 1. The van der Waals surface area contributed by atoms with Gasteiger partial charge in [-0.1, -0.05) is 27.2 Å². The first kappa shape index (κ1) is 24.2. The second kappa shape index (κ2) is 9.35. The van der Waals surface area contributed by atoms with E-state index in [4.69, 9.17) is 0 Å². The Morgan fingerprint density at radius 2 is 2.15 bits per heavy atom. The third-order valence-electron chi connectivity index (χ3n) is 6.60. The van der Waals surface area contributed by atoms with Crippen LogP contribution in [0.1, 0.15) is 56.8 Å². The molecule has 0 saturated carbocycles. The van der Waals surface area contributed by atoms with Gasteiger partial charge in [-0.15, -0.1) is 11.3 Å². The Hall–Kier alpha value is -1.97. The normalized spacial score (nSPS) is 23.0. The molecule has 0 bridgehead atoms. The molecule has 2 aliphatic heterocycles. The number of halogens is 2. The van der Waals surface area contributed by atoms with E-state index >= 15 is 0 Å². The number of alkyl halides is 2. The minimum absolute atomic E-state index is 0.0715. The van der Waals surface area contributed by atoms with Crippen LogP contribution < -0.4 is 10.2 Å². The zero-order valence-corrected chi connectivity index (χ0v) is 20.6. The maximum absolute atomic E-state index is 14.6. The molecule has 4 heterocycles. The highest BCUT2D eigenvalue weighted by Gasteiger charge is 2.42. The van der Waals surface area contributed by atoms with Gasteiger partial charge >= 0.3 is 0 Å². The van der Waals surface area contributed by atoms with Crippen LogP contribution in [-0.2, 0) is 22.6 Å². The summed E-state index contributed by atoms with van der Waals surface area (Å²) in [5, 5.41) is 6.51. The molecule has 2 aromatic heterocycles. The van der Waals surface area contributed by atoms with Crippen molar-refractivity contribution in [2.75, 3.05) is 31.1 Å². The first-order valence-electron chi connectivity index (χ1n) is 11.7. The lowest BCUT2D eigenvalue weighted by Gasteiger charge is -2.39. The molecule has 0 spiro atoms. The Kier molecular flexibility index (Phi) is 6.85. The standard InChI is InChI=1S/C24H33F2N5OS/c1-5-6-24(25,26)17-9-19-22(29-11-17)23(3,4)15-31(19)21(32)14-30-13-16(2)28-12-18(30)10-20-27-7-8-33-20/h7-9,11,16,18,28H,5-6,10,12-15H2,1-4H3/t16-,18+/m1/s1. The minimum atomic E-state index is -2.95. The third-order valence-corrected chi connectivity index (χ3v) is 7.40. The van der Waals surface area contributed by atoms with Gasteiger partial charge in [-0.2, -0.15) is 0 Å². The van der Waals surface area contributed by atoms with E-state index in [0.717, 1.165) is 24.5 Å². The molecule has 2 atom stereocenters. The monoisotopic (exact) mass is 477 g/mol. The van der Waals surface area contributed by atoms with Gasteiger partial charge < -0.3 is 10.2 Å². The molecular weight excluding hydrogens is 444 g/mol. The van der Waals surface area contributed by atoms with Gasteiger partial charge in [-0.25, -0.2) is 13.8 Å². The first-order valence-corrected chi connectivity index (χ1v) is 12.5. The lowest BCUT2D eigenvalue weighted by molar-refractivity contribution is -0.120. The van der Waals surface area contributed by atoms with E-state index in [1.807, 2.05) is 19.2 Å². The number of aromatic nitrogens is 2. The molecule has 1 saturated heterocycles. The number of rotatable bonds is 7. The van der Waals surface area contributed by atoms with E-state index in [2.05, 4.69) is 27.1 Å². The molecule has 0 aromatic carbocycles. The van der Waals surface area contributed by atoms with Crippen LogP contribution in [0.3, 0.4) is 0 Å². The number of amides is 1. The maximum atomic E-state index is 14.6. The van der Waals surface area contributed by atoms with Gasteiger partial charge in [0.15, 0.2) is 0 Å². The Bertz CT molecular complexity index is 981. The van der Waals surface area contributed by atoms with Gasteiger partial charge in [0.25, 0.3) is 5.92 Å². The summed E-state index contributed by atoms with van der Waals surface area (Å²) in [6.45, 7) is 10.1. The average Bonchev–Trinajstić information content (AvgIpc) is 3.35. The van der Waals surface area contributed by atoms with Crippen molar-refractivity contribution in [1.29, 1.82) is 0 Å². The Morgan fingerprint density at radius 1 is 1.36 bits per heavy atom. The molecule has 33 heavy (non-hydrogen) atoms. The largest absolute Gasteiger partial charge is 0.311 e. The number of nitrogens with one attached hydrogen (secondary N) is 1. The number of piperazine rings is 1. The minimum Gasteiger partial charge on any atom is -0.311 e. The van der Waals surface area contributed by atoms with Gasteiger partial charge in [0.1, 0.15) is 0 Å². The van der Waals surface area contributed by atoms with Crippen LogP contribution in [0.4, 0.5) is 14.5 Å². The zero-order valence-electron chi connectivity index (χ0n) is 19.8. The van der Waals surface area contributed by atoms with E-state index in [1.54, 1.807) is 29.4 Å².